The van der Waals surface area contributed by atoms with E-state index in [1.165, 1.54) is 11.1 Å². The number of rotatable bonds is 4. The lowest BCUT2D eigenvalue weighted by Gasteiger charge is -2.39. The molecule has 0 spiro atoms. The van der Waals surface area contributed by atoms with Crippen LogP contribution in [0.2, 0.25) is 0 Å². The van der Waals surface area contributed by atoms with Gasteiger partial charge in [0.15, 0.2) is 0 Å². The molecule has 0 saturated carbocycles. The Kier molecular flexibility index (Phi) is 5.45. The maximum Gasteiger partial charge on any atom is 0.318 e. The molecule has 2 saturated heterocycles. The topological polar surface area (TPSA) is 54.6 Å². The third-order valence-electron chi connectivity index (χ3n) is 5.86. The third-order valence-corrected chi connectivity index (χ3v) is 5.86. The van der Waals surface area contributed by atoms with Gasteiger partial charge in [0.2, 0.25) is 5.89 Å². The van der Waals surface area contributed by atoms with Gasteiger partial charge in [-0.15, -0.1) is 5.10 Å². The van der Waals surface area contributed by atoms with Crippen LogP contribution in [0.25, 0.3) is 11.5 Å². The number of aryl methyl sites for hydroxylation is 1. The lowest BCUT2D eigenvalue weighted by atomic mass is 9.98. The van der Waals surface area contributed by atoms with E-state index in [1.807, 2.05) is 0 Å². The van der Waals surface area contributed by atoms with Crippen molar-refractivity contribution in [1.29, 1.82) is 0 Å². The maximum atomic E-state index is 6.04. The van der Waals surface area contributed by atoms with Gasteiger partial charge >= 0.3 is 6.01 Å². The van der Waals surface area contributed by atoms with Crippen molar-refractivity contribution in [1.82, 2.24) is 15.1 Å². The van der Waals surface area contributed by atoms with Crippen molar-refractivity contribution in [3.63, 3.8) is 0 Å². The number of aromatic nitrogens is 2. The van der Waals surface area contributed by atoms with E-state index >= 15 is 0 Å². The Morgan fingerprint density at radius 1 is 1.04 bits per heavy atom. The second-order valence-corrected chi connectivity index (χ2v) is 7.99. The summed E-state index contributed by atoms with van der Waals surface area (Å²) < 4.78 is 11.5. The Morgan fingerprint density at radius 2 is 1.78 bits per heavy atom. The van der Waals surface area contributed by atoms with Crippen LogP contribution in [0.5, 0.6) is 0 Å². The highest BCUT2D eigenvalue weighted by Gasteiger charge is 2.28. The molecule has 2 aromatic rings. The minimum Gasteiger partial charge on any atom is -0.403 e. The average molecular weight is 370 g/mol. The van der Waals surface area contributed by atoms with E-state index in [0.717, 1.165) is 57.8 Å². The summed E-state index contributed by atoms with van der Waals surface area (Å²) in [4.78, 5) is 4.80. The fourth-order valence-corrected chi connectivity index (χ4v) is 4.10. The van der Waals surface area contributed by atoms with Crippen LogP contribution >= 0.6 is 0 Å². The number of hydrogen-bond donors (Lipinski definition) is 0. The lowest BCUT2D eigenvalue weighted by molar-refractivity contribution is 0.0113. The number of piperidine rings is 1. The Balaban J connectivity index is 1.41. The van der Waals surface area contributed by atoms with Gasteiger partial charge < -0.3 is 14.1 Å². The largest absolute Gasteiger partial charge is 0.403 e. The highest BCUT2D eigenvalue weighted by Crippen LogP contribution is 2.29. The number of morpholine rings is 1. The number of nitrogens with zero attached hydrogens (tertiary/aromatic N) is 4. The van der Waals surface area contributed by atoms with Crippen molar-refractivity contribution in [2.75, 3.05) is 44.3 Å². The summed E-state index contributed by atoms with van der Waals surface area (Å²) in [5, 5.41) is 8.65. The molecule has 3 heterocycles. The molecule has 1 aromatic carbocycles. The normalized spacial score (nSPS) is 19.8. The van der Waals surface area contributed by atoms with Gasteiger partial charge in [-0.3, -0.25) is 4.90 Å². The van der Waals surface area contributed by atoms with Gasteiger partial charge in [0, 0.05) is 37.8 Å². The molecule has 1 aromatic heterocycles. The SMILES string of the molecule is Cc1cc(C(C)C)ccc1-c1nnc(N2CCC(N3CCOCC3)CC2)o1. The summed E-state index contributed by atoms with van der Waals surface area (Å²) in [7, 11) is 0. The van der Waals surface area contributed by atoms with Crippen LogP contribution in [0.3, 0.4) is 0 Å². The molecule has 0 aliphatic carbocycles. The molecule has 0 amide bonds. The molecule has 2 aliphatic rings. The van der Waals surface area contributed by atoms with E-state index < -0.39 is 0 Å². The van der Waals surface area contributed by atoms with E-state index in [4.69, 9.17) is 9.15 Å². The molecule has 0 N–H and O–H groups in total. The molecule has 2 fully saturated rings. The van der Waals surface area contributed by atoms with E-state index in [-0.39, 0.29) is 0 Å². The number of anilines is 1. The van der Waals surface area contributed by atoms with Crippen LogP contribution in [0, 0.1) is 6.92 Å². The Bertz CT molecular complexity index is 759. The summed E-state index contributed by atoms with van der Waals surface area (Å²) in [6.45, 7) is 12.3. The second kappa shape index (κ2) is 7.98. The Labute approximate surface area is 161 Å². The Hall–Kier alpha value is -1.92. The van der Waals surface area contributed by atoms with Crippen LogP contribution in [-0.2, 0) is 4.74 Å². The molecule has 0 radical (unpaired) electrons. The highest BCUT2D eigenvalue weighted by atomic mass is 16.5. The minimum absolute atomic E-state index is 0.517. The van der Waals surface area contributed by atoms with Crippen molar-refractivity contribution in [3.05, 3.63) is 29.3 Å². The summed E-state index contributed by atoms with van der Waals surface area (Å²) in [5.41, 5.74) is 3.55. The molecule has 6 heteroatoms. The fourth-order valence-electron chi connectivity index (χ4n) is 4.10. The fraction of sp³-hybridized carbons (Fsp3) is 0.619. The zero-order valence-electron chi connectivity index (χ0n) is 16.6. The van der Waals surface area contributed by atoms with Gasteiger partial charge in [-0.2, -0.15) is 0 Å². The van der Waals surface area contributed by atoms with E-state index in [2.05, 4.69) is 59.0 Å². The lowest BCUT2D eigenvalue weighted by Crippen LogP contribution is -2.49. The summed E-state index contributed by atoms with van der Waals surface area (Å²) in [5.74, 6) is 1.14. The van der Waals surface area contributed by atoms with Gasteiger partial charge in [0.1, 0.15) is 0 Å². The van der Waals surface area contributed by atoms with Crippen molar-refractivity contribution >= 4 is 6.01 Å². The van der Waals surface area contributed by atoms with Gasteiger partial charge in [0.25, 0.3) is 0 Å². The first-order valence-electron chi connectivity index (χ1n) is 10.1. The van der Waals surface area contributed by atoms with Crippen LogP contribution < -0.4 is 4.90 Å². The van der Waals surface area contributed by atoms with Crippen molar-refractivity contribution in [3.8, 4) is 11.5 Å². The number of ether oxygens (including phenoxy) is 1. The molecule has 0 atom stereocenters. The quantitative estimate of drug-likeness (QED) is 0.821. The first kappa shape index (κ1) is 18.4. The van der Waals surface area contributed by atoms with Crippen LogP contribution in [0.1, 0.15) is 43.7 Å². The minimum atomic E-state index is 0.517. The van der Waals surface area contributed by atoms with Crippen molar-refractivity contribution in [2.45, 2.75) is 45.6 Å². The average Bonchev–Trinajstić information content (AvgIpc) is 3.18. The highest BCUT2D eigenvalue weighted by molar-refractivity contribution is 5.59. The monoisotopic (exact) mass is 370 g/mol. The van der Waals surface area contributed by atoms with Gasteiger partial charge in [-0.1, -0.05) is 31.1 Å². The first-order valence-corrected chi connectivity index (χ1v) is 10.1. The van der Waals surface area contributed by atoms with Crippen molar-refractivity contribution < 1.29 is 9.15 Å². The molecular weight excluding hydrogens is 340 g/mol. The zero-order chi connectivity index (χ0) is 18.8. The second-order valence-electron chi connectivity index (χ2n) is 7.99. The molecule has 4 rings (SSSR count). The standard InChI is InChI=1S/C21H30N4O2/c1-15(2)17-4-5-19(16(3)14-17)20-22-23-21(27-20)25-8-6-18(7-9-25)24-10-12-26-13-11-24/h4-5,14-15,18H,6-13H2,1-3H3. The van der Waals surface area contributed by atoms with Gasteiger partial charge in [0.05, 0.1) is 13.2 Å². The molecule has 6 nitrogen and oxygen atoms in total. The Morgan fingerprint density at radius 3 is 2.44 bits per heavy atom. The van der Waals surface area contributed by atoms with E-state index in [1.54, 1.807) is 0 Å². The number of benzene rings is 1. The predicted molar refractivity (Wildman–Crippen MR) is 106 cm³/mol. The van der Waals surface area contributed by atoms with Gasteiger partial charge in [-0.25, -0.2) is 0 Å². The molecule has 146 valence electrons. The smallest absolute Gasteiger partial charge is 0.318 e. The summed E-state index contributed by atoms with van der Waals surface area (Å²) >= 11 is 0. The van der Waals surface area contributed by atoms with E-state index in [9.17, 15) is 0 Å². The summed E-state index contributed by atoms with van der Waals surface area (Å²) in [6.07, 6.45) is 2.28. The zero-order valence-corrected chi connectivity index (χ0v) is 16.6. The molecular formula is C21H30N4O2. The van der Waals surface area contributed by atoms with Crippen molar-refractivity contribution in [2.24, 2.45) is 0 Å². The molecule has 0 bridgehead atoms. The number of hydrogen-bond acceptors (Lipinski definition) is 6. The van der Waals surface area contributed by atoms with Crippen LogP contribution in [0.4, 0.5) is 6.01 Å². The van der Waals surface area contributed by atoms with Crippen LogP contribution in [-0.4, -0.2) is 60.5 Å². The predicted octanol–water partition coefficient (Wildman–Crippen LogP) is 3.47. The summed E-state index contributed by atoms with van der Waals surface area (Å²) in [6, 6.07) is 7.78. The third kappa shape index (κ3) is 4.01. The van der Waals surface area contributed by atoms with Crippen LogP contribution in [0.15, 0.2) is 22.6 Å². The molecule has 0 unspecified atom stereocenters. The first-order chi connectivity index (χ1) is 13.1. The molecule has 27 heavy (non-hydrogen) atoms. The van der Waals surface area contributed by atoms with E-state index in [0.29, 0.717) is 23.9 Å². The van der Waals surface area contributed by atoms with Gasteiger partial charge in [-0.05, 0) is 42.9 Å². The molecule has 2 aliphatic heterocycles. The maximum absolute atomic E-state index is 6.04.